The molecule has 6 nitrogen and oxygen atoms in total. The molecule has 0 saturated heterocycles. The number of hydrogen-bond donors (Lipinski definition) is 1. The first-order valence-corrected chi connectivity index (χ1v) is 5.55. The molecule has 7 heteroatoms. The Balaban J connectivity index is 1.87. The van der Waals surface area contributed by atoms with Crippen molar-refractivity contribution < 1.29 is 9.53 Å². The SMILES string of the molecule is Nc1cnn(CC(=O)OCc2ccncc2Cl)c1. The second-order valence-electron chi connectivity index (χ2n) is 3.60. The molecule has 18 heavy (non-hydrogen) atoms. The summed E-state index contributed by atoms with van der Waals surface area (Å²) in [6.45, 7) is 0.122. The van der Waals surface area contributed by atoms with E-state index in [4.69, 9.17) is 22.1 Å². The number of ether oxygens (including phenoxy) is 1. The minimum Gasteiger partial charge on any atom is -0.459 e. The zero-order valence-electron chi connectivity index (χ0n) is 9.41. The topological polar surface area (TPSA) is 83.0 Å². The second kappa shape index (κ2) is 5.50. The number of anilines is 1. The van der Waals surface area contributed by atoms with E-state index < -0.39 is 5.97 Å². The summed E-state index contributed by atoms with van der Waals surface area (Å²) in [7, 11) is 0. The summed E-state index contributed by atoms with van der Waals surface area (Å²) in [5.41, 5.74) is 6.69. The van der Waals surface area contributed by atoms with Gasteiger partial charge in [-0.25, -0.2) is 0 Å². The van der Waals surface area contributed by atoms with Crippen LogP contribution in [0.5, 0.6) is 0 Å². The van der Waals surface area contributed by atoms with Crippen molar-refractivity contribution in [2.75, 3.05) is 5.73 Å². The molecule has 0 saturated carbocycles. The van der Waals surface area contributed by atoms with Gasteiger partial charge in [0.2, 0.25) is 0 Å². The Morgan fingerprint density at radius 2 is 2.33 bits per heavy atom. The van der Waals surface area contributed by atoms with Crippen molar-refractivity contribution in [3.05, 3.63) is 41.4 Å². The van der Waals surface area contributed by atoms with Gasteiger partial charge in [-0.2, -0.15) is 5.10 Å². The Hall–Kier alpha value is -2.08. The van der Waals surface area contributed by atoms with Crippen molar-refractivity contribution in [1.82, 2.24) is 14.8 Å². The number of halogens is 1. The fourth-order valence-corrected chi connectivity index (χ4v) is 1.50. The lowest BCUT2D eigenvalue weighted by Crippen LogP contribution is -2.14. The van der Waals surface area contributed by atoms with Crippen molar-refractivity contribution in [1.29, 1.82) is 0 Å². The first-order valence-electron chi connectivity index (χ1n) is 5.17. The highest BCUT2D eigenvalue weighted by molar-refractivity contribution is 6.31. The Labute approximate surface area is 108 Å². The number of nitrogen functional groups attached to an aromatic ring is 1. The van der Waals surface area contributed by atoms with Gasteiger partial charge in [-0.05, 0) is 6.07 Å². The molecule has 0 atom stereocenters. The van der Waals surface area contributed by atoms with Crippen LogP contribution in [0, 0.1) is 0 Å². The van der Waals surface area contributed by atoms with Gasteiger partial charge in [0.25, 0.3) is 0 Å². The zero-order valence-corrected chi connectivity index (χ0v) is 10.2. The highest BCUT2D eigenvalue weighted by Gasteiger charge is 2.07. The number of aromatic nitrogens is 3. The number of esters is 1. The molecule has 0 unspecified atom stereocenters. The van der Waals surface area contributed by atoms with Crippen LogP contribution < -0.4 is 5.73 Å². The lowest BCUT2D eigenvalue weighted by molar-refractivity contribution is -0.145. The maximum absolute atomic E-state index is 11.5. The number of pyridine rings is 1. The molecule has 2 rings (SSSR count). The second-order valence-corrected chi connectivity index (χ2v) is 4.01. The predicted molar refractivity (Wildman–Crippen MR) is 65.7 cm³/mol. The molecule has 0 radical (unpaired) electrons. The van der Waals surface area contributed by atoms with Crippen LogP contribution in [-0.2, 0) is 22.7 Å². The molecular formula is C11H11ClN4O2. The van der Waals surface area contributed by atoms with Crippen molar-refractivity contribution in [2.45, 2.75) is 13.2 Å². The van der Waals surface area contributed by atoms with Crippen LogP contribution in [0.25, 0.3) is 0 Å². The molecule has 2 aromatic rings. The average molecular weight is 267 g/mol. The Kier molecular flexibility index (Phi) is 3.78. The van der Waals surface area contributed by atoms with E-state index in [0.29, 0.717) is 16.3 Å². The molecule has 0 amide bonds. The molecule has 0 aliphatic heterocycles. The van der Waals surface area contributed by atoms with E-state index in [2.05, 4.69) is 10.1 Å². The molecule has 94 valence electrons. The van der Waals surface area contributed by atoms with E-state index in [1.165, 1.54) is 17.1 Å². The number of hydrogen-bond acceptors (Lipinski definition) is 5. The van der Waals surface area contributed by atoms with Crippen LogP contribution in [0.4, 0.5) is 5.69 Å². The Bertz CT molecular complexity index is 555. The van der Waals surface area contributed by atoms with Crippen molar-refractivity contribution in [3.8, 4) is 0 Å². The van der Waals surface area contributed by atoms with E-state index in [9.17, 15) is 4.79 Å². The average Bonchev–Trinajstić information content (AvgIpc) is 2.74. The first kappa shape index (κ1) is 12.4. The van der Waals surface area contributed by atoms with E-state index in [0.717, 1.165) is 0 Å². The lowest BCUT2D eigenvalue weighted by atomic mass is 10.3. The summed E-state index contributed by atoms with van der Waals surface area (Å²) in [4.78, 5) is 15.4. The van der Waals surface area contributed by atoms with Gasteiger partial charge in [0.1, 0.15) is 13.2 Å². The van der Waals surface area contributed by atoms with Crippen molar-refractivity contribution >= 4 is 23.3 Å². The molecule has 0 fully saturated rings. The third kappa shape index (κ3) is 3.21. The summed E-state index contributed by atoms with van der Waals surface area (Å²) in [6, 6.07) is 1.70. The monoisotopic (exact) mass is 266 g/mol. The van der Waals surface area contributed by atoms with E-state index in [1.807, 2.05) is 0 Å². The summed E-state index contributed by atoms with van der Waals surface area (Å²) in [5.74, 6) is -0.411. The van der Waals surface area contributed by atoms with Gasteiger partial charge in [-0.3, -0.25) is 14.5 Å². The number of carbonyl (C=O) groups is 1. The van der Waals surface area contributed by atoms with Crippen molar-refractivity contribution in [3.63, 3.8) is 0 Å². The van der Waals surface area contributed by atoms with Crippen molar-refractivity contribution in [2.24, 2.45) is 0 Å². The minimum atomic E-state index is -0.411. The number of carbonyl (C=O) groups excluding carboxylic acids is 1. The van der Waals surface area contributed by atoms with Gasteiger partial charge in [0, 0.05) is 24.2 Å². The highest BCUT2D eigenvalue weighted by Crippen LogP contribution is 2.14. The number of nitrogens with two attached hydrogens (primary N) is 1. The molecule has 2 N–H and O–H groups in total. The fraction of sp³-hybridized carbons (Fsp3) is 0.182. The molecule has 0 aliphatic rings. The molecule has 0 spiro atoms. The Morgan fingerprint density at radius 1 is 1.50 bits per heavy atom. The molecule has 0 bridgehead atoms. The van der Waals surface area contributed by atoms with Crippen LogP contribution in [-0.4, -0.2) is 20.7 Å². The number of nitrogens with zero attached hydrogens (tertiary/aromatic N) is 3. The van der Waals surface area contributed by atoms with E-state index in [1.54, 1.807) is 18.5 Å². The highest BCUT2D eigenvalue weighted by atomic mass is 35.5. The predicted octanol–water partition coefficient (Wildman–Crippen LogP) is 1.26. The summed E-state index contributed by atoms with van der Waals surface area (Å²) >= 11 is 5.88. The van der Waals surface area contributed by atoms with E-state index >= 15 is 0 Å². The third-order valence-electron chi connectivity index (χ3n) is 2.19. The smallest absolute Gasteiger partial charge is 0.328 e. The van der Waals surface area contributed by atoms with Gasteiger partial charge in [0.05, 0.1) is 16.9 Å². The largest absolute Gasteiger partial charge is 0.459 e. The third-order valence-corrected chi connectivity index (χ3v) is 2.53. The quantitative estimate of drug-likeness (QED) is 0.842. The maximum Gasteiger partial charge on any atom is 0.328 e. The molecule has 0 aromatic carbocycles. The van der Waals surface area contributed by atoms with Gasteiger partial charge in [0.15, 0.2) is 0 Å². The molecular weight excluding hydrogens is 256 g/mol. The van der Waals surface area contributed by atoms with Crippen LogP contribution in [0.15, 0.2) is 30.9 Å². The summed E-state index contributed by atoms with van der Waals surface area (Å²) in [6.07, 6.45) is 6.11. The van der Waals surface area contributed by atoms with Gasteiger partial charge >= 0.3 is 5.97 Å². The van der Waals surface area contributed by atoms with Crippen LogP contribution >= 0.6 is 11.6 Å². The standard InChI is InChI=1S/C11H11ClN4O2/c12-10-4-14-2-1-8(10)7-18-11(17)6-16-5-9(13)3-15-16/h1-5H,6-7,13H2. The van der Waals surface area contributed by atoms with Gasteiger partial charge in [-0.1, -0.05) is 11.6 Å². The van der Waals surface area contributed by atoms with Gasteiger partial charge < -0.3 is 10.5 Å². The van der Waals surface area contributed by atoms with Gasteiger partial charge in [-0.15, -0.1) is 0 Å². The van der Waals surface area contributed by atoms with Crippen LogP contribution in [0.1, 0.15) is 5.56 Å². The van der Waals surface area contributed by atoms with Crippen LogP contribution in [0.2, 0.25) is 5.02 Å². The molecule has 0 aliphatic carbocycles. The molecule has 2 aromatic heterocycles. The minimum absolute atomic E-state index is 0.0138. The first-order chi connectivity index (χ1) is 8.65. The fourth-order valence-electron chi connectivity index (χ4n) is 1.32. The zero-order chi connectivity index (χ0) is 13.0. The normalized spacial score (nSPS) is 10.3. The molecule has 2 heterocycles. The summed E-state index contributed by atoms with van der Waals surface area (Å²) < 4.78 is 6.48. The Morgan fingerprint density at radius 3 is 3.00 bits per heavy atom. The number of rotatable bonds is 4. The van der Waals surface area contributed by atoms with Crippen LogP contribution in [0.3, 0.4) is 0 Å². The summed E-state index contributed by atoms with van der Waals surface area (Å²) in [5, 5.41) is 4.35. The van der Waals surface area contributed by atoms with E-state index in [-0.39, 0.29) is 13.2 Å². The lowest BCUT2D eigenvalue weighted by Gasteiger charge is -2.06. The maximum atomic E-state index is 11.5.